The van der Waals surface area contributed by atoms with Crippen molar-refractivity contribution in [2.24, 2.45) is 4.99 Å². The highest BCUT2D eigenvalue weighted by Crippen LogP contribution is 2.41. The fraction of sp³-hybridized carbons (Fsp3) is 0.111. The number of halogens is 1. The topological polar surface area (TPSA) is 34.4 Å². The molecule has 2 aliphatic rings. The number of aryl methyl sites for hydroxylation is 1. The van der Waals surface area contributed by atoms with E-state index >= 15 is 0 Å². The van der Waals surface area contributed by atoms with Gasteiger partial charge in [0.05, 0.1) is 16.3 Å². The van der Waals surface area contributed by atoms with Crippen molar-refractivity contribution in [3.8, 4) is 0 Å². The van der Waals surface area contributed by atoms with Crippen LogP contribution in [0.2, 0.25) is 5.02 Å². The summed E-state index contributed by atoms with van der Waals surface area (Å²) in [6, 6.07) is 26.2. The molecule has 1 atom stereocenters. The van der Waals surface area contributed by atoms with Crippen molar-refractivity contribution in [1.29, 1.82) is 0 Å². The van der Waals surface area contributed by atoms with Crippen molar-refractivity contribution in [3.05, 3.63) is 131 Å². The molecule has 0 fully saturated rings. The van der Waals surface area contributed by atoms with Crippen molar-refractivity contribution >= 4 is 34.7 Å². The minimum Gasteiger partial charge on any atom is -0.272 e. The number of thiazole rings is 1. The number of aromatic nitrogens is 1. The number of hydrogen-bond acceptors (Lipinski definition) is 3. The van der Waals surface area contributed by atoms with E-state index in [1.165, 1.54) is 28.0 Å². The molecular weight excluding hydrogens is 436 g/mol. The first-order valence-electron chi connectivity index (χ1n) is 10.6. The summed E-state index contributed by atoms with van der Waals surface area (Å²) in [5.41, 5.74) is 6.83. The van der Waals surface area contributed by atoms with Crippen molar-refractivity contribution in [3.63, 3.8) is 0 Å². The fourth-order valence-corrected chi connectivity index (χ4v) is 5.80. The van der Waals surface area contributed by atoms with Gasteiger partial charge in [-0.2, -0.15) is 0 Å². The average molecular weight is 455 g/mol. The molecule has 3 aromatic carbocycles. The minimum absolute atomic E-state index is 0.00274. The summed E-state index contributed by atoms with van der Waals surface area (Å²) in [4.78, 5) is 19.4. The van der Waals surface area contributed by atoms with Gasteiger partial charge < -0.3 is 0 Å². The van der Waals surface area contributed by atoms with E-state index in [1.807, 2.05) is 53.1 Å². The molecule has 2 heterocycles. The summed E-state index contributed by atoms with van der Waals surface area (Å²) in [6.07, 6.45) is 3.79. The highest BCUT2D eigenvalue weighted by Gasteiger charge is 2.32. The zero-order valence-corrected chi connectivity index (χ0v) is 18.7. The molecule has 0 bridgehead atoms. The summed E-state index contributed by atoms with van der Waals surface area (Å²) >= 11 is 7.48. The Morgan fingerprint density at radius 3 is 2.50 bits per heavy atom. The molecule has 0 radical (unpaired) electrons. The molecule has 6 rings (SSSR count). The maximum absolute atomic E-state index is 13.6. The van der Waals surface area contributed by atoms with Crippen molar-refractivity contribution in [1.82, 2.24) is 4.57 Å². The Labute approximate surface area is 194 Å². The number of allylic oxidation sites excluding steroid dienone is 1. The highest BCUT2D eigenvalue weighted by atomic mass is 35.5. The first-order chi connectivity index (χ1) is 15.7. The molecule has 1 unspecified atom stereocenters. The van der Waals surface area contributed by atoms with Crippen LogP contribution in [0.25, 0.3) is 11.8 Å². The number of nitrogens with zero attached hydrogens (tertiary/aromatic N) is 2. The van der Waals surface area contributed by atoms with Crippen molar-refractivity contribution < 1.29 is 0 Å². The lowest BCUT2D eigenvalue weighted by Gasteiger charge is -2.30. The largest absolute Gasteiger partial charge is 0.272 e. The van der Waals surface area contributed by atoms with Crippen LogP contribution in [0.5, 0.6) is 0 Å². The summed E-state index contributed by atoms with van der Waals surface area (Å²) in [5, 5.41) is 0.680. The van der Waals surface area contributed by atoms with Gasteiger partial charge >= 0.3 is 0 Å². The van der Waals surface area contributed by atoms with Gasteiger partial charge in [0.1, 0.15) is 0 Å². The fourth-order valence-electron chi connectivity index (χ4n) is 4.67. The van der Waals surface area contributed by atoms with Gasteiger partial charge in [-0.1, -0.05) is 89.7 Å². The maximum Gasteiger partial charge on any atom is 0.271 e. The van der Waals surface area contributed by atoms with E-state index < -0.39 is 0 Å². The molecule has 1 aromatic heterocycles. The molecule has 0 spiro atoms. The Hall–Kier alpha value is -3.21. The van der Waals surface area contributed by atoms with E-state index in [0.717, 1.165) is 34.5 Å². The zero-order valence-electron chi connectivity index (χ0n) is 17.2. The Kier molecular flexibility index (Phi) is 4.71. The minimum atomic E-state index is -0.136. The normalized spacial score (nSPS) is 17.4. The Balaban J connectivity index is 1.62. The summed E-state index contributed by atoms with van der Waals surface area (Å²) in [5.74, 6) is 0. The van der Waals surface area contributed by atoms with E-state index in [0.29, 0.717) is 9.55 Å². The molecule has 4 aromatic rings. The van der Waals surface area contributed by atoms with E-state index in [1.54, 1.807) is 0 Å². The van der Waals surface area contributed by atoms with Gasteiger partial charge in [0.15, 0.2) is 4.80 Å². The molecular formula is C27H19ClN2OS. The lowest BCUT2D eigenvalue weighted by Crippen LogP contribution is -2.38. The van der Waals surface area contributed by atoms with Crippen LogP contribution in [0, 0.1) is 0 Å². The van der Waals surface area contributed by atoms with Crippen LogP contribution in [0.4, 0.5) is 0 Å². The second-order valence-electron chi connectivity index (χ2n) is 8.08. The first-order valence-corrected chi connectivity index (χ1v) is 11.8. The molecule has 0 N–H and O–H groups in total. The van der Waals surface area contributed by atoms with Gasteiger partial charge in [0.2, 0.25) is 0 Å². The molecule has 32 heavy (non-hydrogen) atoms. The second kappa shape index (κ2) is 7.73. The van der Waals surface area contributed by atoms with E-state index in [4.69, 9.17) is 16.6 Å². The third-order valence-corrected chi connectivity index (χ3v) is 7.39. The van der Waals surface area contributed by atoms with Gasteiger partial charge in [0, 0.05) is 10.6 Å². The van der Waals surface area contributed by atoms with Gasteiger partial charge in [-0.15, -0.1) is 0 Å². The smallest absolute Gasteiger partial charge is 0.271 e. The monoisotopic (exact) mass is 454 g/mol. The summed E-state index contributed by atoms with van der Waals surface area (Å²) in [6.45, 7) is 0. The van der Waals surface area contributed by atoms with Crippen LogP contribution in [-0.4, -0.2) is 4.57 Å². The zero-order chi connectivity index (χ0) is 21.7. The molecule has 0 saturated carbocycles. The van der Waals surface area contributed by atoms with Gasteiger partial charge in [0.25, 0.3) is 5.56 Å². The second-order valence-corrected chi connectivity index (χ2v) is 9.52. The molecule has 0 amide bonds. The maximum atomic E-state index is 13.6. The van der Waals surface area contributed by atoms with Crippen molar-refractivity contribution in [2.75, 3.05) is 0 Å². The van der Waals surface area contributed by atoms with E-state index in [9.17, 15) is 4.79 Å². The third-order valence-electron chi connectivity index (χ3n) is 6.16. The number of rotatable bonds is 2. The van der Waals surface area contributed by atoms with Gasteiger partial charge in [-0.3, -0.25) is 9.36 Å². The predicted octanol–water partition coefficient (Wildman–Crippen LogP) is 4.97. The molecule has 0 saturated heterocycles. The Morgan fingerprint density at radius 2 is 1.69 bits per heavy atom. The molecule has 1 aliphatic carbocycles. The first kappa shape index (κ1) is 19.5. The summed E-state index contributed by atoms with van der Waals surface area (Å²) < 4.78 is 2.56. The molecule has 3 nitrogen and oxygen atoms in total. The average Bonchev–Trinajstić information content (AvgIpc) is 3.14. The standard InChI is InChI=1S/C27H19ClN2OS/c28-20-13-10-17(11-14-20)16-23-26(31)30-25(19-7-2-1-3-8-19)22-15-12-18-6-4-5-9-21(18)24(22)29-27(30)32-23/h1-11,13-14,16,25H,12,15H2/b23-16-. The SMILES string of the molecule is O=c1/c(=C/c2ccc(Cl)cc2)sc2n1C(c1ccccc1)C1=C(N=2)c2ccccc2CC1. The van der Waals surface area contributed by atoms with E-state index in [2.05, 4.69) is 36.4 Å². The van der Waals surface area contributed by atoms with Gasteiger partial charge in [-0.25, -0.2) is 4.99 Å². The highest BCUT2D eigenvalue weighted by molar-refractivity contribution is 7.07. The van der Waals surface area contributed by atoms with Crippen LogP contribution >= 0.6 is 22.9 Å². The predicted molar refractivity (Wildman–Crippen MR) is 131 cm³/mol. The molecule has 1 aliphatic heterocycles. The number of fused-ring (bicyclic) bond motifs is 3. The quantitative estimate of drug-likeness (QED) is 0.421. The van der Waals surface area contributed by atoms with Crippen LogP contribution in [0.3, 0.4) is 0 Å². The lowest BCUT2D eigenvalue weighted by atomic mass is 9.83. The van der Waals surface area contributed by atoms with E-state index in [-0.39, 0.29) is 11.6 Å². The number of hydrogen-bond donors (Lipinski definition) is 0. The van der Waals surface area contributed by atoms with Gasteiger partial charge in [-0.05, 0) is 53.3 Å². The molecule has 156 valence electrons. The lowest BCUT2D eigenvalue weighted by molar-refractivity contribution is 0.585. The Morgan fingerprint density at radius 1 is 0.938 bits per heavy atom. The summed E-state index contributed by atoms with van der Waals surface area (Å²) in [7, 11) is 0. The van der Waals surface area contributed by atoms with Crippen LogP contribution in [0.15, 0.2) is 94.2 Å². The number of benzene rings is 3. The Bertz CT molecular complexity index is 1550. The molecule has 5 heteroatoms. The van der Waals surface area contributed by atoms with Crippen LogP contribution < -0.4 is 14.9 Å². The van der Waals surface area contributed by atoms with Crippen LogP contribution in [-0.2, 0) is 6.42 Å². The third kappa shape index (κ3) is 3.19. The van der Waals surface area contributed by atoms with Crippen molar-refractivity contribution in [2.45, 2.75) is 18.9 Å². The van der Waals surface area contributed by atoms with Crippen LogP contribution in [0.1, 0.15) is 34.7 Å².